The van der Waals surface area contributed by atoms with E-state index in [0.717, 1.165) is 35.5 Å². The van der Waals surface area contributed by atoms with E-state index in [2.05, 4.69) is 55.0 Å². The lowest BCUT2D eigenvalue weighted by Gasteiger charge is -2.19. The van der Waals surface area contributed by atoms with Gasteiger partial charge in [0.25, 0.3) is 0 Å². The second-order valence-electron chi connectivity index (χ2n) is 9.98. The molecule has 0 saturated carbocycles. The van der Waals surface area contributed by atoms with Gasteiger partial charge in [0.05, 0.1) is 17.9 Å². The number of rotatable bonds is 11. The number of aromatic nitrogens is 3. The Hall–Kier alpha value is -3.11. The Bertz CT molecular complexity index is 1310. The third-order valence-electron chi connectivity index (χ3n) is 6.18. The fourth-order valence-electron chi connectivity index (χ4n) is 4.25. The van der Waals surface area contributed by atoms with Gasteiger partial charge in [-0.15, -0.1) is 28.1 Å². The normalized spacial score (nSPS) is 12.7. The monoisotopic (exact) mass is 554 g/mol. The summed E-state index contributed by atoms with van der Waals surface area (Å²) in [5.74, 6) is 0.922. The molecule has 0 atom stereocenters. The molecule has 202 valence electrons. The van der Waals surface area contributed by atoms with E-state index >= 15 is 0 Å². The van der Waals surface area contributed by atoms with E-state index in [4.69, 9.17) is 9.47 Å². The van der Waals surface area contributed by atoms with Crippen molar-refractivity contribution in [2.24, 2.45) is 0 Å². The number of fused-ring (bicyclic) bond motifs is 1. The molecule has 0 spiro atoms. The molecule has 38 heavy (non-hydrogen) atoms. The van der Waals surface area contributed by atoms with Crippen LogP contribution in [0.2, 0.25) is 0 Å². The van der Waals surface area contributed by atoms with Crippen molar-refractivity contribution >= 4 is 40.0 Å². The smallest absolute Gasteiger partial charge is 0.341 e. The first kappa shape index (κ1) is 27.9. The standard InChI is InChI=1S/C28H34N4O4S2/c1-6-15-32-22(16-36-19-13-11-18(12-14-19)28(3,4)5)30-31-27(32)37-17-23(33)29-25-24(26(34)35-7-2)20-9-8-10-21(20)38-25/h6,11-14H,1,7-10,15-17H2,2-5H3,(H,29,33). The Morgan fingerprint density at radius 3 is 2.66 bits per heavy atom. The van der Waals surface area contributed by atoms with E-state index in [1.165, 1.54) is 28.7 Å². The molecule has 3 aromatic rings. The van der Waals surface area contributed by atoms with Crippen LogP contribution in [-0.4, -0.2) is 39.0 Å². The highest BCUT2D eigenvalue weighted by molar-refractivity contribution is 7.99. The molecule has 1 aliphatic carbocycles. The van der Waals surface area contributed by atoms with Crippen LogP contribution in [0.1, 0.15) is 66.3 Å². The molecule has 1 aliphatic rings. The highest BCUT2D eigenvalue weighted by Gasteiger charge is 2.28. The molecule has 10 heteroatoms. The maximum Gasteiger partial charge on any atom is 0.341 e. The molecule has 0 radical (unpaired) electrons. The quantitative estimate of drug-likeness (QED) is 0.182. The number of ether oxygens (including phenoxy) is 2. The second kappa shape index (κ2) is 12.2. The largest absolute Gasteiger partial charge is 0.486 e. The summed E-state index contributed by atoms with van der Waals surface area (Å²) >= 11 is 2.75. The van der Waals surface area contributed by atoms with Gasteiger partial charge < -0.3 is 14.8 Å². The molecule has 4 rings (SSSR count). The number of nitrogens with one attached hydrogen (secondary N) is 1. The molecule has 0 saturated heterocycles. The summed E-state index contributed by atoms with van der Waals surface area (Å²) in [7, 11) is 0. The van der Waals surface area contributed by atoms with E-state index in [9.17, 15) is 9.59 Å². The zero-order valence-corrected chi connectivity index (χ0v) is 24.0. The molecule has 0 unspecified atom stereocenters. The lowest BCUT2D eigenvalue weighted by molar-refractivity contribution is -0.113. The van der Waals surface area contributed by atoms with Crippen LogP contribution in [0.4, 0.5) is 5.00 Å². The van der Waals surface area contributed by atoms with E-state index in [1.54, 1.807) is 13.0 Å². The molecule has 1 N–H and O–H groups in total. The molecule has 0 aliphatic heterocycles. The van der Waals surface area contributed by atoms with Gasteiger partial charge in [-0.1, -0.05) is 50.7 Å². The van der Waals surface area contributed by atoms with Crippen LogP contribution in [0.15, 0.2) is 42.1 Å². The van der Waals surface area contributed by atoms with Gasteiger partial charge in [0.15, 0.2) is 11.0 Å². The summed E-state index contributed by atoms with van der Waals surface area (Å²) < 4.78 is 13.1. The Balaban J connectivity index is 1.39. The van der Waals surface area contributed by atoms with Gasteiger partial charge in [0.1, 0.15) is 17.4 Å². The van der Waals surface area contributed by atoms with Crippen LogP contribution < -0.4 is 10.1 Å². The molecule has 1 aromatic carbocycles. The molecular formula is C28H34N4O4S2. The summed E-state index contributed by atoms with van der Waals surface area (Å²) in [5, 5.41) is 12.7. The van der Waals surface area contributed by atoms with Crippen LogP contribution in [-0.2, 0) is 40.9 Å². The number of anilines is 1. The number of esters is 1. The third-order valence-corrected chi connectivity index (χ3v) is 8.35. The van der Waals surface area contributed by atoms with Gasteiger partial charge in [-0.3, -0.25) is 9.36 Å². The summed E-state index contributed by atoms with van der Waals surface area (Å²) in [5.41, 5.74) is 2.83. The molecule has 2 aromatic heterocycles. The minimum atomic E-state index is -0.377. The molecule has 1 amide bonds. The van der Waals surface area contributed by atoms with Gasteiger partial charge in [-0.25, -0.2) is 4.79 Å². The first-order chi connectivity index (χ1) is 18.2. The summed E-state index contributed by atoms with van der Waals surface area (Å²) in [6.45, 7) is 13.2. The lowest BCUT2D eigenvalue weighted by Crippen LogP contribution is -2.17. The predicted octanol–water partition coefficient (Wildman–Crippen LogP) is 5.80. The predicted molar refractivity (Wildman–Crippen MR) is 151 cm³/mol. The molecule has 0 fully saturated rings. The van der Waals surface area contributed by atoms with Gasteiger partial charge >= 0.3 is 5.97 Å². The Morgan fingerprint density at radius 1 is 1.21 bits per heavy atom. The number of carbonyl (C=O) groups is 2. The van der Waals surface area contributed by atoms with Crippen molar-refractivity contribution in [3.8, 4) is 5.75 Å². The van der Waals surface area contributed by atoms with Crippen molar-refractivity contribution < 1.29 is 19.1 Å². The number of thioether (sulfide) groups is 1. The topological polar surface area (TPSA) is 95.3 Å². The minimum Gasteiger partial charge on any atom is -0.486 e. The lowest BCUT2D eigenvalue weighted by atomic mass is 9.87. The van der Waals surface area contributed by atoms with Crippen LogP contribution in [0.3, 0.4) is 0 Å². The van der Waals surface area contributed by atoms with Crippen molar-refractivity contribution in [1.29, 1.82) is 0 Å². The van der Waals surface area contributed by atoms with Gasteiger partial charge in [0, 0.05) is 11.4 Å². The van der Waals surface area contributed by atoms with Gasteiger partial charge in [0.2, 0.25) is 5.91 Å². The van der Waals surface area contributed by atoms with Gasteiger partial charge in [-0.05, 0) is 54.9 Å². The number of amides is 1. The van der Waals surface area contributed by atoms with E-state index in [-0.39, 0.29) is 29.7 Å². The van der Waals surface area contributed by atoms with Crippen molar-refractivity contribution in [2.45, 2.75) is 70.7 Å². The van der Waals surface area contributed by atoms with E-state index in [1.807, 2.05) is 16.7 Å². The average Bonchev–Trinajstić information content (AvgIpc) is 3.56. The number of nitrogens with zero attached hydrogens (tertiary/aromatic N) is 3. The molecular weight excluding hydrogens is 520 g/mol. The van der Waals surface area contributed by atoms with Crippen molar-refractivity contribution in [1.82, 2.24) is 14.8 Å². The van der Waals surface area contributed by atoms with Crippen LogP contribution in [0, 0.1) is 0 Å². The average molecular weight is 555 g/mol. The molecule has 8 nitrogen and oxygen atoms in total. The second-order valence-corrected chi connectivity index (χ2v) is 12.0. The number of hydrogen-bond donors (Lipinski definition) is 1. The van der Waals surface area contributed by atoms with Crippen molar-refractivity contribution in [2.75, 3.05) is 17.7 Å². The Kier molecular flexibility index (Phi) is 8.94. The molecule has 2 heterocycles. The highest BCUT2D eigenvalue weighted by atomic mass is 32.2. The first-order valence-corrected chi connectivity index (χ1v) is 14.5. The zero-order chi connectivity index (χ0) is 27.3. The van der Waals surface area contributed by atoms with Crippen molar-refractivity contribution in [3.05, 3.63) is 64.3 Å². The summed E-state index contributed by atoms with van der Waals surface area (Å²) in [6.07, 6.45) is 4.53. The van der Waals surface area contributed by atoms with Crippen LogP contribution >= 0.6 is 23.1 Å². The Morgan fingerprint density at radius 2 is 1.97 bits per heavy atom. The maximum absolute atomic E-state index is 12.9. The fraction of sp³-hybridized carbons (Fsp3) is 0.429. The summed E-state index contributed by atoms with van der Waals surface area (Å²) in [4.78, 5) is 26.6. The number of allylic oxidation sites excluding steroid dienone is 1. The minimum absolute atomic E-state index is 0.0744. The molecule has 0 bridgehead atoms. The SMILES string of the molecule is C=CCn1c(COc2ccc(C(C)(C)C)cc2)nnc1SCC(=O)Nc1sc2c(c1C(=O)OCC)CCC2. The number of aryl methyl sites for hydroxylation is 1. The Labute approximate surface area is 231 Å². The summed E-state index contributed by atoms with van der Waals surface area (Å²) in [6, 6.07) is 8.05. The highest BCUT2D eigenvalue weighted by Crippen LogP contribution is 2.39. The number of carbonyl (C=O) groups excluding carboxylic acids is 2. The van der Waals surface area contributed by atoms with E-state index < -0.39 is 0 Å². The van der Waals surface area contributed by atoms with Gasteiger partial charge in [-0.2, -0.15) is 0 Å². The van der Waals surface area contributed by atoms with Crippen molar-refractivity contribution in [3.63, 3.8) is 0 Å². The number of benzene rings is 1. The maximum atomic E-state index is 12.9. The fourth-order valence-corrected chi connectivity index (χ4v) is 6.31. The zero-order valence-electron chi connectivity index (χ0n) is 22.3. The number of hydrogen-bond acceptors (Lipinski definition) is 8. The van der Waals surface area contributed by atoms with Crippen LogP contribution in [0.5, 0.6) is 5.75 Å². The number of thiophene rings is 1. The van der Waals surface area contributed by atoms with E-state index in [0.29, 0.717) is 34.7 Å². The van der Waals surface area contributed by atoms with Crippen LogP contribution in [0.25, 0.3) is 0 Å². The third kappa shape index (κ3) is 6.47. The first-order valence-electron chi connectivity index (χ1n) is 12.7.